The highest BCUT2D eigenvalue weighted by atomic mass is 32.2. The van der Waals surface area contributed by atoms with E-state index < -0.39 is 5.91 Å². The van der Waals surface area contributed by atoms with Crippen molar-refractivity contribution in [2.45, 2.75) is 5.16 Å². The van der Waals surface area contributed by atoms with Crippen LogP contribution >= 0.6 is 24.0 Å². The summed E-state index contributed by atoms with van der Waals surface area (Å²) >= 11 is 5.92. The second kappa shape index (κ2) is 4.10. The van der Waals surface area contributed by atoms with Gasteiger partial charge < -0.3 is 15.7 Å². The Labute approximate surface area is 97.9 Å². The molecule has 0 spiro atoms. The lowest BCUT2D eigenvalue weighted by molar-refractivity contribution is -0.115. The van der Waals surface area contributed by atoms with Crippen molar-refractivity contribution >= 4 is 41.1 Å². The molecule has 0 saturated carbocycles. The Morgan fingerprint density at radius 3 is 2.88 bits per heavy atom. The highest BCUT2D eigenvalue weighted by Gasteiger charge is 2.07. The van der Waals surface area contributed by atoms with Crippen LogP contribution in [0.25, 0.3) is 11.2 Å². The second-order valence-electron chi connectivity index (χ2n) is 2.93. The van der Waals surface area contributed by atoms with E-state index in [9.17, 15) is 9.59 Å². The van der Waals surface area contributed by atoms with Gasteiger partial charge in [-0.05, 0) is 12.2 Å². The molecule has 0 radical (unpaired) electrons. The van der Waals surface area contributed by atoms with Gasteiger partial charge in [-0.15, -0.1) is 0 Å². The van der Waals surface area contributed by atoms with Crippen LogP contribution in [0.5, 0.6) is 0 Å². The van der Waals surface area contributed by atoms with Crippen LogP contribution in [0.2, 0.25) is 0 Å². The van der Waals surface area contributed by atoms with Gasteiger partial charge in [-0.2, -0.15) is 0 Å². The molecule has 7 nitrogen and oxygen atoms in total. The predicted octanol–water partition coefficient (Wildman–Crippen LogP) is -0.114. The SMILES string of the molecule is NC(=O)CSc1nc2[nH]c(=S)[nH]c(=O)c2[nH]1. The highest BCUT2D eigenvalue weighted by Crippen LogP contribution is 2.15. The summed E-state index contributed by atoms with van der Waals surface area (Å²) < 4.78 is 0.204. The fourth-order valence-corrected chi connectivity index (χ4v) is 1.92. The molecule has 5 N–H and O–H groups in total. The third-order valence-electron chi connectivity index (χ3n) is 1.72. The number of nitrogens with two attached hydrogens (primary N) is 1. The molecule has 84 valence electrons. The van der Waals surface area contributed by atoms with Gasteiger partial charge in [0.05, 0.1) is 5.75 Å². The zero-order chi connectivity index (χ0) is 11.7. The number of carbonyl (C=O) groups is 1. The summed E-state index contributed by atoms with van der Waals surface area (Å²) in [6.07, 6.45) is 0. The van der Waals surface area contributed by atoms with Gasteiger partial charge in [0, 0.05) is 0 Å². The summed E-state index contributed by atoms with van der Waals surface area (Å²) in [5, 5.41) is 0.441. The molecule has 2 heterocycles. The Morgan fingerprint density at radius 2 is 2.19 bits per heavy atom. The maximum Gasteiger partial charge on any atom is 0.277 e. The summed E-state index contributed by atoms with van der Waals surface area (Å²) in [5.41, 5.74) is 5.30. The number of amides is 1. The highest BCUT2D eigenvalue weighted by molar-refractivity contribution is 7.99. The van der Waals surface area contributed by atoms with Crippen LogP contribution in [-0.4, -0.2) is 31.6 Å². The molecule has 0 aliphatic carbocycles. The van der Waals surface area contributed by atoms with Crippen LogP contribution in [0.3, 0.4) is 0 Å². The van der Waals surface area contributed by atoms with E-state index in [0.717, 1.165) is 11.8 Å². The number of primary amides is 1. The first-order valence-electron chi connectivity index (χ1n) is 4.19. The number of hydrogen-bond acceptors (Lipinski definition) is 5. The molecule has 0 aliphatic heterocycles. The van der Waals surface area contributed by atoms with E-state index in [2.05, 4.69) is 19.9 Å². The molecule has 0 bridgehead atoms. The van der Waals surface area contributed by atoms with E-state index in [4.69, 9.17) is 18.0 Å². The number of carbonyl (C=O) groups excluding carboxylic acids is 1. The first-order valence-corrected chi connectivity index (χ1v) is 5.59. The number of aromatic amines is 3. The molecule has 2 aromatic heterocycles. The summed E-state index contributed by atoms with van der Waals surface area (Å²) in [7, 11) is 0. The van der Waals surface area contributed by atoms with Crippen molar-refractivity contribution in [3.05, 3.63) is 15.1 Å². The first kappa shape index (κ1) is 10.9. The molecule has 0 aliphatic rings. The van der Waals surface area contributed by atoms with Crippen LogP contribution in [0, 0.1) is 4.77 Å². The zero-order valence-corrected chi connectivity index (χ0v) is 9.50. The smallest absolute Gasteiger partial charge is 0.277 e. The maximum absolute atomic E-state index is 11.4. The van der Waals surface area contributed by atoms with E-state index in [0.29, 0.717) is 16.3 Å². The van der Waals surface area contributed by atoms with Gasteiger partial charge in [0.25, 0.3) is 5.56 Å². The van der Waals surface area contributed by atoms with Gasteiger partial charge in [-0.25, -0.2) is 4.98 Å². The number of aromatic nitrogens is 4. The summed E-state index contributed by atoms with van der Waals surface area (Å²) in [6.45, 7) is 0. The molecule has 0 aromatic carbocycles. The predicted molar refractivity (Wildman–Crippen MR) is 61.8 cm³/mol. The summed E-state index contributed by atoms with van der Waals surface area (Å²) in [6, 6.07) is 0. The van der Waals surface area contributed by atoms with Crippen LogP contribution < -0.4 is 11.3 Å². The summed E-state index contributed by atoms with van der Waals surface area (Å²) in [4.78, 5) is 34.0. The molecule has 16 heavy (non-hydrogen) atoms. The first-order chi connectivity index (χ1) is 7.56. The van der Waals surface area contributed by atoms with E-state index in [1.807, 2.05) is 0 Å². The maximum atomic E-state index is 11.4. The Hall–Kier alpha value is -1.61. The molecule has 1 amide bonds. The average Bonchev–Trinajstić information content (AvgIpc) is 2.57. The normalized spacial score (nSPS) is 10.8. The number of thioether (sulfide) groups is 1. The number of nitrogens with one attached hydrogen (secondary N) is 3. The number of H-pyrrole nitrogens is 3. The molecule has 9 heteroatoms. The minimum absolute atomic E-state index is 0.0957. The Kier molecular flexibility index (Phi) is 2.79. The Balaban J connectivity index is 2.44. The Bertz CT molecular complexity index is 655. The third-order valence-corrected chi connectivity index (χ3v) is 2.82. The summed E-state index contributed by atoms with van der Waals surface area (Å²) in [5.74, 6) is -0.356. The third kappa shape index (κ3) is 2.14. The van der Waals surface area contributed by atoms with Crippen LogP contribution in [-0.2, 0) is 4.79 Å². The number of nitrogens with zero attached hydrogens (tertiary/aromatic N) is 1. The molecule has 0 unspecified atom stereocenters. The average molecular weight is 257 g/mol. The van der Waals surface area contributed by atoms with Crippen molar-refractivity contribution in [2.24, 2.45) is 5.73 Å². The molecule has 0 saturated heterocycles. The molecular weight excluding hydrogens is 250 g/mol. The van der Waals surface area contributed by atoms with Crippen molar-refractivity contribution in [3.8, 4) is 0 Å². The molecule has 2 aromatic rings. The lowest BCUT2D eigenvalue weighted by Gasteiger charge is -1.90. The molecule has 0 fully saturated rings. The zero-order valence-electron chi connectivity index (χ0n) is 7.86. The minimum Gasteiger partial charge on any atom is -0.369 e. The van der Waals surface area contributed by atoms with Crippen molar-refractivity contribution in [2.75, 3.05) is 5.75 Å². The fraction of sp³-hybridized carbons (Fsp3) is 0.143. The lowest BCUT2D eigenvalue weighted by atomic mass is 10.6. The van der Waals surface area contributed by atoms with Gasteiger partial charge in [0.15, 0.2) is 15.6 Å². The second-order valence-corrected chi connectivity index (χ2v) is 4.30. The molecular formula is C7H7N5O2S2. The number of fused-ring (bicyclic) bond motifs is 1. The molecule has 0 atom stereocenters. The van der Waals surface area contributed by atoms with Gasteiger partial charge in [0.2, 0.25) is 5.91 Å². The van der Waals surface area contributed by atoms with E-state index in [1.165, 1.54) is 0 Å². The topological polar surface area (TPSA) is 120 Å². The van der Waals surface area contributed by atoms with E-state index >= 15 is 0 Å². The quantitative estimate of drug-likeness (QED) is 0.451. The fourth-order valence-electron chi connectivity index (χ4n) is 1.12. The van der Waals surface area contributed by atoms with E-state index in [1.54, 1.807) is 0 Å². The van der Waals surface area contributed by atoms with Crippen molar-refractivity contribution < 1.29 is 4.79 Å². The van der Waals surface area contributed by atoms with E-state index in [-0.39, 0.29) is 16.1 Å². The Morgan fingerprint density at radius 1 is 1.44 bits per heavy atom. The van der Waals surface area contributed by atoms with Crippen molar-refractivity contribution in [1.82, 2.24) is 19.9 Å². The number of hydrogen-bond donors (Lipinski definition) is 4. The van der Waals surface area contributed by atoms with Gasteiger partial charge >= 0.3 is 0 Å². The number of imidazole rings is 1. The number of rotatable bonds is 3. The van der Waals surface area contributed by atoms with Gasteiger partial charge in [0.1, 0.15) is 5.52 Å². The van der Waals surface area contributed by atoms with Crippen molar-refractivity contribution in [1.29, 1.82) is 0 Å². The minimum atomic E-state index is -0.452. The van der Waals surface area contributed by atoms with Crippen molar-refractivity contribution in [3.63, 3.8) is 0 Å². The molecule has 2 rings (SSSR count). The van der Waals surface area contributed by atoms with Gasteiger partial charge in [-0.1, -0.05) is 11.8 Å². The van der Waals surface area contributed by atoms with Crippen LogP contribution in [0.4, 0.5) is 0 Å². The van der Waals surface area contributed by atoms with Crippen LogP contribution in [0.1, 0.15) is 0 Å². The largest absolute Gasteiger partial charge is 0.369 e. The van der Waals surface area contributed by atoms with Crippen LogP contribution in [0.15, 0.2) is 9.95 Å². The monoisotopic (exact) mass is 257 g/mol. The standard InChI is InChI=1S/C7H7N5O2S2/c8-2(13)1-16-7-9-3-4(11-7)10-6(15)12-5(3)14/h1H2,(H2,8,13)(H3,9,10,11,12,14,15). The van der Waals surface area contributed by atoms with Gasteiger partial charge in [-0.3, -0.25) is 14.6 Å². The lowest BCUT2D eigenvalue weighted by Crippen LogP contribution is -2.13.